The van der Waals surface area contributed by atoms with Crippen LogP contribution in [0, 0.1) is 11.8 Å². The van der Waals surface area contributed by atoms with Crippen LogP contribution in [0.1, 0.15) is 64.0 Å². The molecule has 0 bridgehead atoms. The fraction of sp³-hybridized carbons (Fsp3) is 0.357. The lowest BCUT2D eigenvalue weighted by atomic mass is 9.98. The molecule has 0 radical (unpaired) electrons. The molecule has 0 spiro atoms. The van der Waals surface area contributed by atoms with Gasteiger partial charge >= 0.3 is 12.1 Å². The summed E-state index contributed by atoms with van der Waals surface area (Å²) in [5.74, 6) is -2.43. The minimum Gasteiger partial charge on any atom is -0.449 e. The number of rotatable bonds is 12. The Balaban J connectivity index is 0.998. The molecule has 3 amide bonds. The highest BCUT2D eigenvalue weighted by Crippen LogP contribution is 2.44. The Morgan fingerprint density at radius 3 is 2.10 bits per heavy atom. The number of esters is 1. The number of nitrogens with zero attached hydrogens (tertiary/aromatic N) is 1. The molecule has 2 aliphatic rings. The van der Waals surface area contributed by atoms with Gasteiger partial charge in [-0.3, -0.25) is 14.4 Å². The minimum absolute atomic E-state index is 0.113. The first-order chi connectivity index (χ1) is 25.0. The normalized spacial score (nSPS) is 16.8. The second-order valence-corrected chi connectivity index (χ2v) is 14.1. The van der Waals surface area contributed by atoms with E-state index in [9.17, 15) is 24.0 Å². The van der Waals surface area contributed by atoms with Gasteiger partial charge in [0.2, 0.25) is 11.8 Å². The van der Waals surface area contributed by atoms with E-state index in [1.807, 2.05) is 80.6 Å². The summed E-state index contributed by atoms with van der Waals surface area (Å²) in [4.78, 5) is 67.8. The third kappa shape index (κ3) is 7.86. The lowest BCUT2D eigenvalue weighted by Crippen LogP contribution is -2.54. The first-order valence-corrected chi connectivity index (χ1v) is 18.0. The van der Waals surface area contributed by atoms with E-state index in [-0.39, 0.29) is 36.6 Å². The van der Waals surface area contributed by atoms with Crippen molar-refractivity contribution in [3.8, 4) is 16.9 Å². The van der Waals surface area contributed by atoms with E-state index in [0.29, 0.717) is 25.1 Å². The molecule has 10 heteroatoms. The van der Waals surface area contributed by atoms with E-state index in [4.69, 9.17) is 9.47 Å². The van der Waals surface area contributed by atoms with Crippen molar-refractivity contribution in [2.45, 2.75) is 71.0 Å². The molecule has 1 saturated heterocycles. The van der Waals surface area contributed by atoms with E-state index in [1.165, 1.54) is 4.90 Å². The monoisotopic (exact) mass is 703 g/mol. The van der Waals surface area contributed by atoms with E-state index in [2.05, 4.69) is 22.8 Å². The van der Waals surface area contributed by atoms with Crippen LogP contribution in [0.4, 0.5) is 4.79 Å². The fourth-order valence-electron chi connectivity index (χ4n) is 7.21. The van der Waals surface area contributed by atoms with E-state index in [1.54, 1.807) is 26.0 Å². The summed E-state index contributed by atoms with van der Waals surface area (Å²) in [6, 6.07) is 26.6. The number of benzene rings is 4. The number of carbonyl (C=O) groups excluding carboxylic acids is 5. The molecular weight excluding hydrogens is 658 g/mol. The summed E-state index contributed by atoms with van der Waals surface area (Å²) in [6.07, 6.45) is 0.207. The van der Waals surface area contributed by atoms with Crippen molar-refractivity contribution in [3.63, 3.8) is 0 Å². The number of ketones is 1. The van der Waals surface area contributed by atoms with Gasteiger partial charge in [-0.15, -0.1) is 0 Å². The lowest BCUT2D eigenvalue weighted by Gasteiger charge is -2.29. The SMILES string of the molecule is CC(CC(=O)C(C)NC(=O)OCC1c2ccccc2-c2ccccc21)C(=O)N1CCCC1C(=O)NC(C(=O)Oc1ccc2ccccc2c1)C(C)C. The number of ether oxygens (including phenoxy) is 2. The molecule has 10 nitrogen and oxygen atoms in total. The maximum atomic E-state index is 13.6. The van der Waals surface area contributed by atoms with Crippen LogP contribution in [0.5, 0.6) is 5.75 Å². The Morgan fingerprint density at radius 1 is 0.788 bits per heavy atom. The predicted octanol–water partition coefficient (Wildman–Crippen LogP) is 6.40. The van der Waals surface area contributed by atoms with Crippen LogP contribution >= 0.6 is 0 Å². The topological polar surface area (TPSA) is 131 Å². The second-order valence-electron chi connectivity index (χ2n) is 14.1. The zero-order valence-corrected chi connectivity index (χ0v) is 30.0. The van der Waals surface area contributed by atoms with Crippen molar-refractivity contribution in [2.75, 3.05) is 13.2 Å². The summed E-state index contributed by atoms with van der Waals surface area (Å²) in [6.45, 7) is 7.32. The molecule has 52 heavy (non-hydrogen) atoms. The molecule has 2 N–H and O–H groups in total. The van der Waals surface area contributed by atoms with Crippen molar-refractivity contribution < 1.29 is 33.4 Å². The van der Waals surface area contributed by atoms with Gasteiger partial charge in [0.1, 0.15) is 24.4 Å². The van der Waals surface area contributed by atoms with Gasteiger partial charge in [-0.05, 0) is 70.8 Å². The average molecular weight is 704 g/mol. The van der Waals surface area contributed by atoms with E-state index >= 15 is 0 Å². The molecule has 0 saturated carbocycles. The highest BCUT2D eigenvalue weighted by atomic mass is 16.5. The van der Waals surface area contributed by atoms with E-state index in [0.717, 1.165) is 33.0 Å². The molecule has 1 aliphatic heterocycles. The van der Waals surface area contributed by atoms with Crippen molar-refractivity contribution >= 4 is 40.4 Å². The smallest absolute Gasteiger partial charge is 0.407 e. The molecule has 1 aliphatic carbocycles. The predicted molar refractivity (Wildman–Crippen MR) is 198 cm³/mol. The zero-order valence-electron chi connectivity index (χ0n) is 30.0. The highest BCUT2D eigenvalue weighted by Gasteiger charge is 2.39. The summed E-state index contributed by atoms with van der Waals surface area (Å²) in [5.41, 5.74) is 4.41. The van der Waals surface area contributed by atoms with Gasteiger partial charge in [0, 0.05) is 24.8 Å². The lowest BCUT2D eigenvalue weighted by molar-refractivity contribution is -0.145. The third-order valence-corrected chi connectivity index (χ3v) is 10.1. The zero-order chi connectivity index (χ0) is 36.9. The van der Waals surface area contributed by atoms with Crippen LogP contribution in [0.15, 0.2) is 91.0 Å². The summed E-state index contributed by atoms with van der Waals surface area (Å²) in [7, 11) is 0. The average Bonchev–Trinajstić information content (AvgIpc) is 3.76. The molecule has 0 aromatic heterocycles. The Hall–Kier alpha value is -5.51. The summed E-state index contributed by atoms with van der Waals surface area (Å²) < 4.78 is 11.3. The van der Waals surface area contributed by atoms with Gasteiger partial charge in [0.25, 0.3) is 0 Å². The Morgan fingerprint density at radius 2 is 1.42 bits per heavy atom. The minimum atomic E-state index is -0.930. The number of amides is 3. The fourth-order valence-corrected chi connectivity index (χ4v) is 7.21. The van der Waals surface area contributed by atoms with Crippen LogP contribution in [0.25, 0.3) is 21.9 Å². The van der Waals surface area contributed by atoms with Crippen LogP contribution in [-0.2, 0) is 23.9 Å². The third-order valence-electron chi connectivity index (χ3n) is 10.1. The second kappa shape index (κ2) is 15.8. The number of fused-ring (bicyclic) bond motifs is 4. The van der Waals surface area contributed by atoms with Crippen LogP contribution in [-0.4, -0.2) is 65.8 Å². The maximum Gasteiger partial charge on any atom is 0.407 e. The Kier molecular flexibility index (Phi) is 11.0. The van der Waals surface area contributed by atoms with Crippen molar-refractivity contribution in [3.05, 3.63) is 102 Å². The standard InChI is InChI=1S/C42H45N3O7/c1-25(2)38(41(49)52-30-20-19-28-12-5-6-13-29(28)23-30)44-39(47)36-18-11-21-45(36)40(48)26(3)22-37(46)27(4)43-42(50)51-24-35-33-16-9-7-14-31(33)32-15-8-10-17-34(32)35/h5-10,12-17,19-20,23,25-27,35-36,38H,11,18,21-22,24H2,1-4H3,(H,43,50)(H,44,47). The van der Waals surface area contributed by atoms with Gasteiger partial charge in [0.05, 0.1) is 6.04 Å². The first kappa shape index (κ1) is 36.3. The molecule has 4 unspecified atom stereocenters. The largest absolute Gasteiger partial charge is 0.449 e. The van der Waals surface area contributed by atoms with E-state index < -0.39 is 42.0 Å². The molecule has 4 aromatic rings. The molecular formula is C42H45N3O7. The molecule has 270 valence electrons. The first-order valence-electron chi connectivity index (χ1n) is 18.0. The summed E-state index contributed by atoms with van der Waals surface area (Å²) >= 11 is 0. The molecule has 1 fully saturated rings. The van der Waals surface area contributed by atoms with Crippen LogP contribution < -0.4 is 15.4 Å². The van der Waals surface area contributed by atoms with Crippen LogP contribution in [0.2, 0.25) is 0 Å². The number of hydrogen-bond acceptors (Lipinski definition) is 7. The number of nitrogens with one attached hydrogen (secondary N) is 2. The van der Waals surface area contributed by atoms with Crippen molar-refractivity contribution in [1.82, 2.24) is 15.5 Å². The van der Waals surface area contributed by atoms with Crippen LogP contribution in [0.3, 0.4) is 0 Å². The quantitative estimate of drug-likeness (QED) is 0.129. The number of hydrogen-bond donors (Lipinski definition) is 2. The maximum absolute atomic E-state index is 13.6. The Bertz CT molecular complexity index is 1950. The van der Waals surface area contributed by atoms with Gasteiger partial charge < -0.3 is 25.0 Å². The number of alkyl carbamates (subject to hydrolysis) is 1. The van der Waals surface area contributed by atoms with Gasteiger partial charge in [0.15, 0.2) is 5.78 Å². The van der Waals surface area contributed by atoms with Gasteiger partial charge in [-0.25, -0.2) is 9.59 Å². The highest BCUT2D eigenvalue weighted by molar-refractivity contribution is 5.95. The number of likely N-dealkylation sites (tertiary alicyclic amines) is 1. The Labute approximate surface area is 303 Å². The summed E-state index contributed by atoms with van der Waals surface area (Å²) in [5, 5.41) is 7.38. The molecule has 1 heterocycles. The molecule has 4 atom stereocenters. The number of Topliss-reactive ketones (excluding diaryl/α,β-unsaturated/α-hetero) is 1. The van der Waals surface area contributed by atoms with Gasteiger partial charge in [-0.2, -0.15) is 0 Å². The molecule has 4 aromatic carbocycles. The molecule has 6 rings (SSSR count). The van der Waals surface area contributed by atoms with Crippen molar-refractivity contribution in [2.24, 2.45) is 11.8 Å². The van der Waals surface area contributed by atoms with Gasteiger partial charge in [-0.1, -0.05) is 99.6 Å². The number of carbonyl (C=O) groups is 5. The van der Waals surface area contributed by atoms with Crippen molar-refractivity contribution in [1.29, 1.82) is 0 Å².